The van der Waals surface area contributed by atoms with Gasteiger partial charge in [-0.15, -0.1) is 0 Å². The number of nitrogens with two attached hydrogens (primary N) is 1. The van der Waals surface area contributed by atoms with Crippen molar-refractivity contribution in [3.05, 3.63) is 35.1 Å². The second-order valence-electron chi connectivity index (χ2n) is 3.67. The van der Waals surface area contributed by atoms with Crippen molar-refractivity contribution in [2.45, 2.75) is 18.6 Å². The van der Waals surface area contributed by atoms with E-state index in [1.54, 1.807) is 0 Å². The van der Waals surface area contributed by atoms with Crippen LogP contribution in [0.3, 0.4) is 0 Å². The number of halogens is 1. The summed E-state index contributed by atoms with van der Waals surface area (Å²) in [4.78, 5) is 10.4. The lowest BCUT2D eigenvalue weighted by molar-refractivity contribution is -0.136. The first-order valence-corrected chi connectivity index (χ1v) is 5.02. The number of aliphatic hydroxyl groups is 2. The van der Waals surface area contributed by atoms with Crippen molar-refractivity contribution >= 4 is 5.97 Å². The van der Waals surface area contributed by atoms with E-state index in [0.717, 1.165) is 6.07 Å². The molecule has 0 amide bonds. The van der Waals surface area contributed by atoms with E-state index in [2.05, 4.69) is 0 Å². The molecule has 0 saturated carbocycles. The first-order valence-electron chi connectivity index (χ1n) is 5.02. The zero-order valence-electron chi connectivity index (χ0n) is 9.01. The topological polar surface area (TPSA) is 104 Å². The molecule has 1 aromatic carbocycles. The molecule has 0 radical (unpaired) electrons. The van der Waals surface area contributed by atoms with Crippen LogP contribution in [0.25, 0.3) is 0 Å². The van der Waals surface area contributed by atoms with E-state index in [9.17, 15) is 19.4 Å². The summed E-state index contributed by atoms with van der Waals surface area (Å²) < 4.78 is 13.5. The van der Waals surface area contributed by atoms with E-state index >= 15 is 0 Å². The number of aliphatic carboxylic acids is 1. The van der Waals surface area contributed by atoms with Gasteiger partial charge in [0.1, 0.15) is 11.9 Å². The Morgan fingerprint density at radius 1 is 1.41 bits per heavy atom. The van der Waals surface area contributed by atoms with E-state index in [4.69, 9.17) is 10.8 Å². The molecule has 0 heterocycles. The highest BCUT2D eigenvalue weighted by Gasteiger charge is 2.18. The first kappa shape index (κ1) is 13.6. The van der Waals surface area contributed by atoms with Gasteiger partial charge in [-0.25, -0.2) is 4.39 Å². The van der Waals surface area contributed by atoms with Gasteiger partial charge in [-0.3, -0.25) is 4.79 Å². The number of aliphatic hydroxyl groups excluding tert-OH is 2. The van der Waals surface area contributed by atoms with Crippen LogP contribution < -0.4 is 5.73 Å². The normalized spacial score (nSPS) is 14.4. The summed E-state index contributed by atoms with van der Waals surface area (Å²) in [6, 6.07) is 3.64. The Bertz CT molecular complexity index is 410. The van der Waals surface area contributed by atoms with E-state index in [1.165, 1.54) is 12.1 Å². The third-order valence-corrected chi connectivity index (χ3v) is 2.37. The summed E-state index contributed by atoms with van der Waals surface area (Å²) in [7, 11) is 0. The lowest BCUT2D eigenvalue weighted by Crippen LogP contribution is -2.27. The maximum absolute atomic E-state index is 13.5. The van der Waals surface area contributed by atoms with Crippen molar-refractivity contribution in [2.75, 3.05) is 6.54 Å². The van der Waals surface area contributed by atoms with Crippen molar-refractivity contribution in [3.63, 3.8) is 0 Å². The molecule has 0 fully saturated rings. The molecule has 1 rings (SSSR count). The molecule has 2 atom stereocenters. The minimum Gasteiger partial charge on any atom is -0.481 e. The molecule has 6 heteroatoms. The van der Waals surface area contributed by atoms with Gasteiger partial charge in [-0.1, -0.05) is 12.1 Å². The molecule has 0 aliphatic rings. The molecule has 0 aliphatic carbocycles. The largest absolute Gasteiger partial charge is 0.481 e. The summed E-state index contributed by atoms with van der Waals surface area (Å²) in [6.45, 7) is -0.153. The van der Waals surface area contributed by atoms with Crippen molar-refractivity contribution < 1.29 is 24.5 Å². The Labute approximate surface area is 97.3 Å². The van der Waals surface area contributed by atoms with E-state index < -0.39 is 30.4 Å². The van der Waals surface area contributed by atoms with Gasteiger partial charge >= 0.3 is 5.97 Å². The van der Waals surface area contributed by atoms with E-state index in [0.29, 0.717) is 0 Å². The van der Waals surface area contributed by atoms with Gasteiger partial charge in [0.2, 0.25) is 0 Å². The molecular formula is C11H14FNO4. The van der Waals surface area contributed by atoms with Gasteiger partial charge in [0.05, 0.1) is 12.5 Å². The van der Waals surface area contributed by atoms with Crippen LogP contribution in [0.1, 0.15) is 17.2 Å². The lowest BCUT2D eigenvalue weighted by Gasteiger charge is -2.16. The zero-order valence-corrected chi connectivity index (χ0v) is 9.01. The second-order valence-corrected chi connectivity index (χ2v) is 3.67. The van der Waals surface area contributed by atoms with Gasteiger partial charge in [0.15, 0.2) is 0 Å². The highest BCUT2D eigenvalue weighted by Crippen LogP contribution is 2.20. The summed E-state index contributed by atoms with van der Waals surface area (Å²) in [6.07, 6.45) is -2.89. The summed E-state index contributed by atoms with van der Waals surface area (Å²) >= 11 is 0. The predicted octanol–water partition coefficient (Wildman–Crippen LogP) is -0.194. The molecule has 1 aromatic rings. The number of carbonyl (C=O) groups is 1. The fourth-order valence-corrected chi connectivity index (χ4v) is 1.40. The molecule has 0 spiro atoms. The quantitative estimate of drug-likeness (QED) is 0.573. The van der Waals surface area contributed by atoms with Gasteiger partial charge in [-0.2, -0.15) is 0 Å². The molecule has 2 unspecified atom stereocenters. The van der Waals surface area contributed by atoms with Crippen LogP contribution in [-0.2, 0) is 11.2 Å². The maximum Gasteiger partial charge on any atom is 0.307 e. The molecule has 0 bridgehead atoms. The van der Waals surface area contributed by atoms with Crippen LogP contribution >= 0.6 is 0 Å². The Morgan fingerprint density at radius 3 is 2.53 bits per heavy atom. The Kier molecular flexibility index (Phi) is 4.56. The van der Waals surface area contributed by atoms with Crippen LogP contribution in [0, 0.1) is 5.82 Å². The van der Waals surface area contributed by atoms with Crippen LogP contribution in [-0.4, -0.2) is 33.9 Å². The minimum atomic E-state index is -1.28. The summed E-state index contributed by atoms with van der Waals surface area (Å²) in [5.41, 5.74) is 5.35. The van der Waals surface area contributed by atoms with Crippen LogP contribution in [0.15, 0.2) is 18.2 Å². The molecule has 5 N–H and O–H groups in total. The predicted molar refractivity (Wildman–Crippen MR) is 57.8 cm³/mol. The van der Waals surface area contributed by atoms with Gasteiger partial charge in [0, 0.05) is 6.54 Å². The number of hydrogen-bond donors (Lipinski definition) is 4. The van der Waals surface area contributed by atoms with Crippen molar-refractivity contribution in [3.8, 4) is 0 Å². The lowest BCUT2D eigenvalue weighted by atomic mass is 10.0. The van der Waals surface area contributed by atoms with Crippen LogP contribution in [0.2, 0.25) is 0 Å². The zero-order chi connectivity index (χ0) is 13.0. The molecule has 5 nitrogen and oxygen atoms in total. The molecule has 0 aromatic heterocycles. The van der Waals surface area contributed by atoms with Gasteiger partial charge < -0.3 is 21.1 Å². The highest BCUT2D eigenvalue weighted by molar-refractivity contribution is 5.70. The Morgan fingerprint density at radius 2 is 2.06 bits per heavy atom. The fraction of sp³-hybridized carbons (Fsp3) is 0.364. The smallest absolute Gasteiger partial charge is 0.307 e. The molecule has 17 heavy (non-hydrogen) atoms. The van der Waals surface area contributed by atoms with Gasteiger partial charge in [-0.05, 0) is 17.2 Å². The minimum absolute atomic E-state index is 0.0238. The Balaban J connectivity index is 2.92. The molecule has 0 saturated heterocycles. The van der Waals surface area contributed by atoms with E-state index in [1.807, 2.05) is 0 Å². The highest BCUT2D eigenvalue weighted by atomic mass is 19.1. The maximum atomic E-state index is 13.5. The summed E-state index contributed by atoms with van der Waals surface area (Å²) in [5, 5.41) is 27.4. The SMILES string of the molecule is NCC(O)C(O)c1ccc(CC(=O)O)c(F)c1. The van der Waals surface area contributed by atoms with Crippen molar-refractivity contribution in [1.29, 1.82) is 0 Å². The number of carboxylic acids is 1. The first-order chi connectivity index (χ1) is 7.95. The standard InChI is InChI=1S/C11H14FNO4/c12-8-3-7(11(17)9(14)5-13)2-1-6(8)4-10(15)16/h1-3,9,11,14,17H,4-5,13H2,(H,15,16). The number of hydrogen-bond acceptors (Lipinski definition) is 4. The van der Waals surface area contributed by atoms with Gasteiger partial charge in [0.25, 0.3) is 0 Å². The monoisotopic (exact) mass is 243 g/mol. The molecular weight excluding hydrogens is 229 g/mol. The second kappa shape index (κ2) is 5.72. The third kappa shape index (κ3) is 3.48. The fourth-order valence-electron chi connectivity index (χ4n) is 1.40. The van der Waals surface area contributed by atoms with Crippen molar-refractivity contribution in [1.82, 2.24) is 0 Å². The van der Waals surface area contributed by atoms with Crippen LogP contribution in [0.5, 0.6) is 0 Å². The van der Waals surface area contributed by atoms with Crippen LogP contribution in [0.4, 0.5) is 4.39 Å². The third-order valence-electron chi connectivity index (χ3n) is 2.37. The molecule has 94 valence electrons. The average Bonchev–Trinajstić information content (AvgIpc) is 2.29. The van der Waals surface area contributed by atoms with E-state index in [-0.39, 0.29) is 17.7 Å². The average molecular weight is 243 g/mol. The number of carboxylic acid groups (broad SMARTS) is 1. The van der Waals surface area contributed by atoms with Crippen molar-refractivity contribution in [2.24, 2.45) is 5.73 Å². The summed E-state index contributed by atoms with van der Waals surface area (Å²) in [5.74, 6) is -1.87. The number of benzene rings is 1. The number of rotatable bonds is 5. The molecule has 0 aliphatic heterocycles. The Hall–Kier alpha value is -1.50.